The molecule has 0 saturated heterocycles. The average molecular weight is 470 g/mol. The Hall–Kier alpha value is -3.47. The van der Waals surface area contributed by atoms with Crippen molar-refractivity contribution in [2.24, 2.45) is 0 Å². The van der Waals surface area contributed by atoms with Crippen LogP contribution in [0.1, 0.15) is 71.5 Å². The van der Waals surface area contributed by atoms with Gasteiger partial charge < -0.3 is 9.80 Å². The standard InChI is InChI=1S/C30H35N3O2/c1-3-5-19-32(20-6-4-2)30(35)28-17-11-16-27(31-28)25-14-9-10-15-26(25)29(34)33-21-18-23-12-7-8-13-24(23)22-33/h7-17H,3-6,18-22H2,1-2H3. The zero-order chi connectivity index (χ0) is 24.6. The summed E-state index contributed by atoms with van der Waals surface area (Å²) in [5.74, 6) is -0.0358. The summed E-state index contributed by atoms with van der Waals surface area (Å²) < 4.78 is 0. The van der Waals surface area contributed by atoms with Crippen molar-refractivity contribution in [2.45, 2.75) is 52.5 Å². The number of amides is 2. The molecule has 0 spiro atoms. The van der Waals surface area contributed by atoms with Crippen molar-refractivity contribution >= 4 is 11.8 Å². The van der Waals surface area contributed by atoms with Crippen LogP contribution in [0.5, 0.6) is 0 Å². The number of hydrogen-bond donors (Lipinski definition) is 0. The van der Waals surface area contributed by atoms with Gasteiger partial charge in [-0.2, -0.15) is 0 Å². The molecule has 0 aliphatic carbocycles. The summed E-state index contributed by atoms with van der Waals surface area (Å²) in [7, 11) is 0. The Morgan fingerprint density at radius 3 is 2.29 bits per heavy atom. The summed E-state index contributed by atoms with van der Waals surface area (Å²) in [5.41, 5.74) is 4.99. The molecule has 0 saturated carbocycles. The zero-order valence-electron chi connectivity index (χ0n) is 20.9. The first kappa shape index (κ1) is 24.6. The Bertz CT molecular complexity index is 1170. The molecule has 0 N–H and O–H groups in total. The fraction of sp³-hybridized carbons (Fsp3) is 0.367. The summed E-state index contributed by atoms with van der Waals surface area (Å²) in [6.45, 7) is 7.06. The van der Waals surface area contributed by atoms with Crippen LogP contribution in [-0.2, 0) is 13.0 Å². The number of nitrogens with zero attached hydrogens (tertiary/aromatic N) is 3. The molecule has 35 heavy (non-hydrogen) atoms. The van der Waals surface area contributed by atoms with Crippen LogP contribution in [0.15, 0.2) is 66.7 Å². The fourth-order valence-corrected chi connectivity index (χ4v) is 4.61. The minimum atomic E-state index is -0.0369. The van der Waals surface area contributed by atoms with Gasteiger partial charge in [-0.1, -0.05) is 75.2 Å². The molecule has 5 nitrogen and oxygen atoms in total. The summed E-state index contributed by atoms with van der Waals surface area (Å²) >= 11 is 0. The topological polar surface area (TPSA) is 53.5 Å². The highest BCUT2D eigenvalue weighted by atomic mass is 16.2. The number of carbonyl (C=O) groups is 2. The van der Waals surface area contributed by atoms with Gasteiger partial charge in [0, 0.05) is 37.3 Å². The van der Waals surface area contributed by atoms with E-state index in [1.54, 1.807) is 6.07 Å². The quantitative estimate of drug-likeness (QED) is 0.387. The molecule has 0 radical (unpaired) electrons. The van der Waals surface area contributed by atoms with Gasteiger partial charge in [0.25, 0.3) is 11.8 Å². The highest BCUT2D eigenvalue weighted by molar-refractivity contribution is 6.01. The van der Waals surface area contributed by atoms with Crippen molar-refractivity contribution in [1.82, 2.24) is 14.8 Å². The molecular weight excluding hydrogens is 434 g/mol. The predicted octanol–water partition coefficient (Wildman–Crippen LogP) is 5.99. The van der Waals surface area contributed by atoms with E-state index in [9.17, 15) is 9.59 Å². The lowest BCUT2D eigenvalue weighted by Crippen LogP contribution is -2.36. The molecule has 0 unspecified atom stereocenters. The van der Waals surface area contributed by atoms with Gasteiger partial charge in [-0.15, -0.1) is 0 Å². The van der Waals surface area contributed by atoms with E-state index in [2.05, 4.69) is 32.0 Å². The van der Waals surface area contributed by atoms with Gasteiger partial charge in [-0.05, 0) is 48.6 Å². The SMILES string of the molecule is CCCCN(CCCC)C(=O)c1cccc(-c2ccccc2C(=O)N2CCc3ccccc3C2)n1. The average Bonchev–Trinajstić information content (AvgIpc) is 2.92. The molecule has 2 aromatic carbocycles. The molecule has 2 amide bonds. The van der Waals surface area contributed by atoms with Crippen LogP contribution in [-0.4, -0.2) is 46.2 Å². The maximum Gasteiger partial charge on any atom is 0.272 e. The van der Waals surface area contributed by atoms with E-state index >= 15 is 0 Å². The van der Waals surface area contributed by atoms with Crippen molar-refractivity contribution in [3.63, 3.8) is 0 Å². The largest absolute Gasteiger partial charge is 0.337 e. The van der Waals surface area contributed by atoms with Gasteiger partial charge in [0.1, 0.15) is 5.69 Å². The highest BCUT2D eigenvalue weighted by Gasteiger charge is 2.24. The Morgan fingerprint density at radius 1 is 0.857 bits per heavy atom. The van der Waals surface area contributed by atoms with Crippen LogP contribution in [0.2, 0.25) is 0 Å². The van der Waals surface area contributed by atoms with E-state index in [0.717, 1.165) is 50.8 Å². The number of benzene rings is 2. The number of fused-ring (bicyclic) bond motifs is 1. The van der Waals surface area contributed by atoms with Crippen LogP contribution in [0, 0.1) is 0 Å². The fourth-order valence-electron chi connectivity index (χ4n) is 4.61. The lowest BCUT2D eigenvalue weighted by molar-refractivity contribution is 0.0732. The molecule has 0 atom stereocenters. The number of unbranched alkanes of at least 4 members (excludes halogenated alkanes) is 2. The second-order valence-electron chi connectivity index (χ2n) is 9.20. The van der Waals surface area contributed by atoms with Crippen molar-refractivity contribution in [1.29, 1.82) is 0 Å². The lowest BCUT2D eigenvalue weighted by Gasteiger charge is -2.29. The molecule has 1 aromatic heterocycles. The smallest absolute Gasteiger partial charge is 0.272 e. The van der Waals surface area contributed by atoms with Gasteiger partial charge in [-0.25, -0.2) is 4.98 Å². The first-order valence-corrected chi connectivity index (χ1v) is 12.8. The van der Waals surface area contributed by atoms with E-state index in [1.165, 1.54) is 11.1 Å². The Kier molecular flexibility index (Phi) is 8.30. The minimum absolute atomic E-state index is 0.00107. The Labute approximate surface area is 208 Å². The van der Waals surface area contributed by atoms with Crippen LogP contribution in [0.3, 0.4) is 0 Å². The van der Waals surface area contributed by atoms with Gasteiger partial charge in [0.05, 0.1) is 5.69 Å². The normalized spacial score (nSPS) is 12.8. The second-order valence-corrected chi connectivity index (χ2v) is 9.20. The summed E-state index contributed by atoms with van der Waals surface area (Å²) in [6, 6.07) is 21.4. The predicted molar refractivity (Wildman–Crippen MR) is 140 cm³/mol. The lowest BCUT2D eigenvalue weighted by atomic mass is 9.97. The number of pyridine rings is 1. The maximum atomic E-state index is 13.6. The number of carbonyl (C=O) groups excluding carboxylic acids is 2. The third kappa shape index (κ3) is 5.79. The molecular formula is C30H35N3O2. The van der Waals surface area contributed by atoms with E-state index in [-0.39, 0.29) is 11.8 Å². The first-order chi connectivity index (χ1) is 17.1. The number of aromatic nitrogens is 1. The molecule has 4 rings (SSSR count). The Balaban J connectivity index is 1.59. The molecule has 1 aliphatic rings. The maximum absolute atomic E-state index is 13.6. The van der Waals surface area contributed by atoms with E-state index in [0.29, 0.717) is 30.0 Å². The van der Waals surface area contributed by atoms with Crippen LogP contribution < -0.4 is 0 Å². The molecule has 2 heterocycles. The summed E-state index contributed by atoms with van der Waals surface area (Å²) in [5, 5.41) is 0. The molecule has 1 aliphatic heterocycles. The zero-order valence-corrected chi connectivity index (χ0v) is 20.9. The highest BCUT2D eigenvalue weighted by Crippen LogP contribution is 2.26. The minimum Gasteiger partial charge on any atom is -0.337 e. The van der Waals surface area contributed by atoms with Crippen molar-refractivity contribution in [2.75, 3.05) is 19.6 Å². The third-order valence-electron chi connectivity index (χ3n) is 6.67. The van der Waals surface area contributed by atoms with Gasteiger partial charge in [0.15, 0.2) is 0 Å². The van der Waals surface area contributed by atoms with Crippen LogP contribution >= 0.6 is 0 Å². The first-order valence-electron chi connectivity index (χ1n) is 12.8. The number of hydrogen-bond acceptors (Lipinski definition) is 3. The summed E-state index contributed by atoms with van der Waals surface area (Å²) in [4.78, 5) is 35.5. The summed E-state index contributed by atoms with van der Waals surface area (Å²) in [6.07, 6.45) is 4.90. The molecule has 182 valence electrons. The van der Waals surface area contributed by atoms with Crippen molar-refractivity contribution in [3.05, 3.63) is 89.1 Å². The van der Waals surface area contributed by atoms with Crippen molar-refractivity contribution in [3.8, 4) is 11.3 Å². The van der Waals surface area contributed by atoms with E-state index in [4.69, 9.17) is 4.98 Å². The second kappa shape index (κ2) is 11.8. The van der Waals surface area contributed by atoms with Crippen LogP contribution in [0.4, 0.5) is 0 Å². The van der Waals surface area contributed by atoms with Gasteiger partial charge >= 0.3 is 0 Å². The van der Waals surface area contributed by atoms with Crippen molar-refractivity contribution < 1.29 is 9.59 Å². The Morgan fingerprint density at radius 2 is 1.54 bits per heavy atom. The van der Waals surface area contributed by atoms with Gasteiger partial charge in [-0.3, -0.25) is 9.59 Å². The monoisotopic (exact) mass is 469 g/mol. The molecule has 0 bridgehead atoms. The van der Waals surface area contributed by atoms with E-state index in [1.807, 2.05) is 52.3 Å². The molecule has 5 heteroatoms. The molecule has 3 aromatic rings. The van der Waals surface area contributed by atoms with E-state index < -0.39 is 0 Å². The van der Waals surface area contributed by atoms with Crippen LogP contribution in [0.25, 0.3) is 11.3 Å². The van der Waals surface area contributed by atoms with Gasteiger partial charge in [0.2, 0.25) is 0 Å². The molecule has 0 fully saturated rings. The third-order valence-corrected chi connectivity index (χ3v) is 6.67. The number of rotatable bonds is 9.